The third-order valence-corrected chi connectivity index (χ3v) is 7.47. The number of pyridine rings is 2. The fraction of sp³-hybridized carbons (Fsp3) is 0.346. The van der Waals surface area contributed by atoms with E-state index in [1.165, 1.54) is 12.1 Å². The summed E-state index contributed by atoms with van der Waals surface area (Å²) in [5.41, 5.74) is -0.316. The van der Waals surface area contributed by atoms with Crippen molar-refractivity contribution in [2.45, 2.75) is 49.7 Å². The number of carbonyl (C=O) groups is 1. The van der Waals surface area contributed by atoms with E-state index in [4.69, 9.17) is 5.11 Å². The first-order chi connectivity index (χ1) is 18.0. The maximum atomic E-state index is 13.9. The molecule has 0 atom stereocenters. The van der Waals surface area contributed by atoms with Crippen molar-refractivity contribution in [2.75, 3.05) is 22.7 Å². The van der Waals surface area contributed by atoms with E-state index in [9.17, 15) is 26.4 Å². The molecule has 2 N–H and O–H groups in total. The molecule has 38 heavy (non-hydrogen) atoms. The van der Waals surface area contributed by atoms with Crippen LogP contribution in [0.5, 0.6) is 0 Å². The van der Waals surface area contributed by atoms with Gasteiger partial charge in [-0.25, -0.2) is 9.97 Å². The van der Waals surface area contributed by atoms with Crippen molar-refractivity contribution in [1.29, 1.82) is 0 Å². The number of hydrogen-bond donors (Lipinski definition) is 2. The van der Waals surface area contributed by atoms with Crippen molar-refractivity contribution in [1.82, 2.24) is 9.97 Å². The molecule has 202 valence electrons. The highest BCUT2D eigenvalue weighted by Gasteiger charge is 2.35. The summed E-state index contributed by atoms with van der Waals surface area (Å²) in [7, 11) is -4.29. The molecule has 0 unspecified atom stereocenters. The van der Waals surface area contributed by atoms with Crippen LogP contribution in [-0.4, -0.2) is 42.6 Å². The second-order valence-corrected chi connectivity index (χ2v) is 10.6. The Morgan fingerprint density at radius 2 is 1.79 bits per heavy atom. The number of carboxylic acid groups (broad SMARTS) is 1. The van der Waals surface area contributed by atoms with E-state index in [0.29, 0.717) is 55.7 Å². The number of carboxylic acids is 1. The lowest BCUT2D eigenvalue weighted by Gasteiger charge is -2.24. The second kappa shape index (κ2) is 11.4. The number of hydrogen-bond acceptors (Lipinski definition) is 6. The third kappa shape index (κ3) is 6.60. The first-order valence-electron chi connectivity index (χ1n) is 12.2. The van der Waals surface area contributed by atoms with Gasteiger partial charge < -0.3 is 10.0 Å². The van der Waals surface area contributed by atoms with Gasteiger partial charge in [0.05, 0.1) is 11.3 Å². The van der Waals surface area contributed by atoms with Crippen molar-refractivity contribution in [3.05, 3.63) is 65.7 Å². The van der Waals surface area contributed by atoms with E-state index >= 15 is 0 Å². The van der Waals surface area contributed by atoms with E-state index in [1.54, 1.807) is 30.3 Å². The van der Waals surface area contributed by atoms with Gasteiger partial charge in [0.2, 0.25) is 0 Å². The quantitative estimate of drug-likeness (QED) is 0.451. The molecule has 8 nitrogen and oxygen atoms in total. The number of benzene rings is 1. The van der Waals surface area contributed by atoms with Crippen molar-refractivity contribution in [2.24, 2.45) is 0 Å². The number of nitrogens with one attached hydrogen (secondary N) is 1. The van der Waals surface area contributed by atoms with Crippen LogP contribution in [0.3, 0.4) is 0 Å². The SMILES string of the molecule is O=C(O)CCCN1CCCCCc2ccccc2-c2nc(ccc2C(F)(F)F)NS(=O)(=O)c2cccc1n2. The average molecular weight is 549 g/mol. The van der Waals surface area contributed by atoms with Crippen molar-refractivity contribution in [3.63, 3.8) is 0 Å². The fourth-order valence-corrected chi connectivity index (χ4v) is 5.36. The van der Waals surface area contributed by atoms with Gasteiger partial charge in [-0.1, -0.05) is 36.8 Å². The number of aliphatic carboxylic acids is 1. The molecule has 0 amide bonds. The summed E-state index contributed by atoms with van der Waals surface area (Å²) < 4.78 is 70.3. The Bertz CT molecular complexity index is 1410. The van der Waals surface area contributed by atoms with E-state index in [-0.39, 0.29) is 23.0 Å². The normalized spacial score (nSPS) is 15.8. The van der Waals surface area contributed by atoms with Gasteiger partial charge in [0.25, 0.3) is 10.0 Å². The summed E-state index contributed by atoms with van der Waals surface area (Å²) in [6.45, 7) is 0.896. The average Bonchev–Trinajstić information content (AvgIpc) is 2.86. The van der Waals surface area contributed by atoms with Crippen LogP contribution in [0.25, 0.3) is 11.3 Å². The lowest BCUT2D eigenvalue weighted by Crippen LogP contribution is -2.28. The first-order valence-corrected chi connectivity index (χ1v) is 13.7. The zero-order chi connectivity index (χ0) is 27.3. The number of nitrogens with zero attached hydrogens (tertiary/aromatic N) is 3. The van der Waals surface area contributed by atoms with Crippen LogP contribution < -0.4 is 9.62 Å². The number of sulfonamides is 1. The molecular weight excluding hydrogens is 521 g/mol. The Kier molecular flexibility index (Phi) is 8.20. The van der Waals surface area contributed by atoms with Gasteiger partial charge in [0, 0.05) is 25.1 Å². The molecule has 1 aromatic carbocycles. The van der Waals surface area contributed by atoms with Gasteiger partial charge in [0.15, 0.2) is 5.03 Å². The number of rotatable bonds is 4. The number of anilines is 2. The molecule has 2 aromatic heterocycles. The molecule has 0 radical (unpaired) electrons. The summed E-state index contributed by atoms with van der Waals surface area (Å²) >= 11 is 0. The van der Waals surface area contributed by atoms with Gasteiger partial charge in [-0.3, -0.25) is 9.52 Å². The number of aromatic nitrogens is 2. The van der Waals surface area contributed by atoms with Crippen LogP contribution in [0.15, 0.2) is 59.6 Å². The Morgan fingerprint density at radius 3 is 2.55 bits per heavy atom. The number of aryl methyl sites for hydroxylation is 1. The lowest BCUT2D eigenvalue weighted by atomic mass is 9.96. The standard InChI is InChI=1S/C26H27F3N4O4S/c27-26(28,29)20-14-15-21-30-25(20)19-10-4-3-9-18(19)8-2-1-5-16-33(17-7-13-24(34)35)22-11-6-12-23(31-22)38(36,37)32-21/h3-4,6,9-12,14-15H,1-2,5,7-8,13,16-17H2,(H,30,32)(H,34,35). The molecule has 1 aliphatic rings. The minimum Gasteiger partial charge on any atom is -0.481 e. The second-order valence-electron chi connectivity index (χ2n) is 8.98. The van der Waals surface area contributed by atoms with Gasteiger partial charge in [-0.05, 0) is 55.5 Å². The van der Waals surface area contributed by atoms with Crippen LogP contribution in [0, 0.1) is 0 Å². The van der Waals surface area contributed by atoms with Crippen LogP contribution in [0.1, 0.15) is 43.2 Å². The van der Waals surface area contributed by atoms with Crippen LogP contribution in [0.2, 0.25) is 0 Å². The summed E-state index contributed by atoms with van der Waals surface area (Å²) in [5.74, 6) is -0.813. The zero-order valence-corrected chi connectivity index (χ0v) is 21.2. The van der Waals surface area contributed by atoms with Crippen molar-refractivity contribution >= 4 is 27.6 Å². The molecule has 12 heteroatoms. The third-order valence-electron chi connectivity index (χ3n) is 6.21. The minimum absolute atomic E-state index is 0.0330. The molecule has 0 aliphatic carbocycles. The van der Waals surface area contributed by atoms with Gasteiger partial charge in [0.1, 0.15) is 11.6 Å². The highest BCUT2D eigenvalue weighted by atomic mass is 32.2. The van der Waals surface area contributed by atoms with E-state index in [2.05, 4.69) is 14.7 Å². The number of fused-ring (bicyclic) bond motifs is 6. The maximum Gasteiger partial charge on any atom is 0.418 e. The molecule has 0 fully saturated rings. The molecule has 0 saturated heterocycles. The molecule has 1 aliphatic heterocycles. The fourth-order valence-electron chi connectivity index (χ4n) is 4.40. The van der Waals surface area contributed by atoms with Gasteiger partial charge >= 0.3 is 12.1 Å². The lowest BCUT2D eigenvalue weighted by molar-refractivity contribution is -0.138. The summed E-state index contributed by atoms with van der Waals surface area (Å²) in [4.78, 5) is 21.3. The summed E-state index contributed by atoms with van der Waals surface area (Å²) in [6, 6.07) is 12.9. The maximum absolute atomic E-state index is 13.9. The number of alkyl halides is 3. The van der Waals surface area contributed by atoms with Crippen molar-refractivity contribution < 1.29 is 31.5 Å². The Labute approximate surface area is 218 Å². The predicted molar refractivity (Wildman–Crippen MR) is 136 cm³/mol. The predicted octanol–water partition coefficient (Wildman–Crippen LogP) is 5.36. The van der Waals surface area contributed by atoms with Crippen LogP contribution in [0.4, 0.5) is 24.8 Å². The molecule has 4 rings (SSSR count). The monoisotopic (exact) mass is 548 g/mol. The number of halogens is 3. The minimum atomic E-state index is -4.69. The highest BCUT2D eigenvalue weighted by molar-refractivity contribution is 7.92. The largest absolute Gasteiger partial charge is 0.481 e. The van der Waals surface area contributed by atoms with E-state index in [1.807, 2.05) is 4.90 Å². The van der Waals surface area contributed by atoms with Gasteiger partial charge in [-0.2, -0.15) is 21.6 Å². The first kappa shape index (κ1) is 27.4. The topological polar surface area (TPSA) is 112 Å². The zero-order valence-electron chi connectivity index (χ0n) is 20.4. The molecule has 0 saturated carbocycles. The van der Waals surface area contributed by atoms with Crippen LogP contribution >= 0.6 is 0 Å². The van der Waals surface area contributed by atoms with E-state index < -0.39 is 27.7 Å². The smallest absolute Gasteiger partial charge is 0.418 e. The van der Waals surface area contributed by atoms with Crippen LogP contribution in [-0.2, 0) is 27.4 Å². The molecule has 3 heterocycles. The summed E-state index contributed by atoms with van der Waals surface area (Å²) in [6.07, 6.45) is -1.68. The van der Waals surface area contributed by atoms with E-state index in [0.717, 1.165) is 18.6 Å². The highest BCUT2D eigenvalue weighted by Crippen LogP contribution is 2.38. The molecule has 0 spiro atoms. The van der Waals surface area contributed by atoms with Crippen molar-refractivity contribution in [3.8, 4) is 11.3 Å². The Hall–Kier alpha value is -3.67. The Morgan fingerprint density at radius 1 is 1.00 bits per heavy atom. The summed E-state index contributed by atoms with van der Waals surface area (Å²) in [5, 5.41) is 8.69. The molecule has 4 bridgehead atoms. The molecular formula is C26H27F3N4O4S. The molecule has 3 aromatic rings. The van der Waals surface area contributed by atoms with Gasteiger partial charge in [-0.15, -0.1) is 0 Å². The Balaban J connectivity index is 1.78.